The molecule has 0 radical (unpaired) electrons. The smallest absolute Gasteiger partial charge is 0.150 e. The zero-order valence-corrected chi connectivity index (χ0v) is 17.2. The summed E-state index contributed by atoms with van der Waals surface area (Å²) in [6.45, 7) is 7.41. The molecular weight excluding hydrogens is 352 g/mol. The summed E-state index contributed by atoms with van der Waals surface area (Å²) < 4.78 is 2.44. The van der Waals surface area contributed by atoms with Crippen molar-refractivity contribution in [3.63, 3.8) is 0 Å². The van der Waals surface area contributed by atoms with Crippen LogP contribution in [0.4, 0.5) is 0 Å². The van der Waals surface area contributed by atoms with Crippen LogP contribution in [0, 0.1) is 5.92 Å². The van der Waals surface area contributed by atoms with Crippen LogP contribution in [0.5, 0.6) is 0 Å². The molecule has 0 aromatic carbocycles. The molecule has 3 aliphatic rings. The average molecular weight is 385 g/mol. The first-order valence-corrected chi connectivity index (χ1v) is 11.8. The second-order valence-corrected chi connectivity index (χ2v) is 9.62. The van der Waals surface area contributed by atoms with E-state index < -0.39 is 0 Å². The molecule has 2 atom stereocenters. The van der Waals surface area contributed by atoms with Crippen LogP contribution in [-0.4, -0.2) is 51.6 Å². The minimum Gasteiger partial charge on any atom is -0.330 e. The molecule has 5 heterocycles. The number of aromatic nitrogens is 2. The fraction of sp³-hybridized carbons (Fsp3) is 0.682. The van der Waals surface area contributed by atoms with Gasteiger partial charge in [-0.2, -0.15) is 0 Å². The minimum absolute atomic E-state index is 0.788. The van der Waals surface area contributed by atoms with Crippen molar-refractivity contribution >= 4 is 11.3 Å². The second-order valence-electron chi connectivity index (χ2n) is 8.71. The van der Waals surface area contributed by atoms with Crippen molar-refractivity contribution in [2.45, 2.75) is 64.1 Å². The predicted octanol–water partition coefficient (Wildman–Crippen LogP) is 4.47. The summed E-state index contributed by atoms with van der Waals surface area (Å²) in [4.78, 5) is 11.4. The summed E-state index contributed by atoms with van der Waals surface area (Å²) in [7, 11) is 0. The standard InChI is InChI=1S/C22H32N4S/c1-2-11-25-12-5-6-19(20(25)7-1)16-26-13-8-23-22(26)21-14-18(17-27-21)15-24-9-3-4-10-24/h8,13-14,17,19-20H,1-7,9-12,15-16H2/t19-,20+/m0/s1. The van der Waals surface area contributed by atoms with E-state index in [1.807, 2.05) is 17.5 Å². The number of nitrogens with zero attached hydrogens (tertiary/aromatic N) is 4. The van der Waals surface area contributed by atoms with E-state index in [1.165, 1.54) is 87.4 Å². The Morgan fingerprint density at radius 2 is 1.85 bits per heavy atom. The van der Waals surface area contributed by atoms with Crippen molar-refractivity contribution < 1.29 is 0 Å². The van der Waals surface area contributed by atoms with Gasteiger partial charge in [0.05, 0.1) is 4.88 Å². The molecule has 3 fully saturated rings. The largest absolute Gasteiger partial charge is 0.330 e. The molecule has 0 saturated carbocycles. The van der Waals surface area contributed by atoms with E-state index in [4.69, 9.17) is 4.98 Å². The third-order valence-electron chi connectivity index (χ3n) is 6.85. The van der Waals surface area contributed by atoms with Crippen molar-refractivity contribution in [2.24, 2.45) is 5.92 Å². The van der Waals surface area contributed by atoms with Gasteiger partial charge in [-0.3, -0.25) is 4.90 Å². The monoisotopic (exact) mass is 384 g/mol. The molecule has 0 bridgehead atoms. The van der Waals surface area contributed by atoms with Gasteiger partial charge < -0.3 is 9.47 Å². The van der Waals surface area contributed by atoms with Crippen LogP contribution in [0.2, 0.25) is 0 Å². The summed E-state index contributed by atoms with van der Waals surface area (Å²) in [6, 6.07) is 3.19. The van der Waals surface area contributed by atoms with E-state index in [9.17, 15) is 0 Å². The Labute approximate surface area is 167 Å². The van der Waals surface area contributed by atoms with Crippen LogP contribution < -0.4 is 0 Å². The number of piperidine rings is 2. The molecule has 146 valence electrons. The third kappa shape index (κ3) is 3.87. The number of thiophene rings is 1. The minimum atomic E-state index is 0.788. The Kier molecular flexibility index (Phi) is 5.34. The highest BCUT2D eigenvalue weighted by Crippen LogP contribution is 2.34. The Balaban J connectivity index is 1.30. The van der Waals surface area contributed by atoms with E-state index in [-0.39, 0.29) is 0 Å². The van der Waals surface area contributed by atoms with Gasteiger partial charge in [-0.1, -0.05) is 6.42 Å². The molecule has 3 aliphatic heterocycles. The first-order valence-electron chi connectivity index (χ1n) is 10.9. The molecule has 0 N–H and O–H groups in total. The van der Waals surface area contributed by atoms with Gasteiger partial charge in [0.25, 0.3) is 0 Å². The molecule has 3 saturated heterocycles. The normalized spacial score (nSPS) is 27.1. The topological polar surface area (TPSA) is 24.3 Å². The van der Waals surface area contributed by atoms with Crippen molar-refractivity contribution in [1.82, 2.24) is 19.4 Å². The number of imidazole rings is 1. The lowest BCUT2D eigenvalue weighted by molar-refractivity contribution is 0.0521. The summed E-state index contributed by atoms with van der Waals surface area (Å²) in [5.41, 5.74) is 1.46. The van der Waals surface area contributed by atoms with Crippen LogP contribution >= 0.6 is 11.3 Å². The van der Waals surface area contributed by atoms with Gasteiger partial charge in [0, 0.05) is 31.5 Å². The van der Waals surface area contributed by atoms with E-state index in [2.05, 4.69) is 32.0 Å². The van der Waals surface area contributed by atoms with E-state index in [1.54, 1.807) is 0 Å². The van der Waals surface area contributed by atoms with Gasteiger partial charge in [0.2, 0.25) is 0 Å². The lowest BCUT2D eigenvalue weighted by Crippen LogP contribution is -2.49. The molecule has 2 aromatic heterocycles. The van der Waals surface area contributed by atoms with Crippen molar-refractivity contribution in [1.29, 1.82) is 0 Å². The van der Waals surface area contributed by atoms with Gasteiger partial charge in [-0.15, -0.1) is 11.3 Å². The van der Waals surface area contributed by atoms with Crippen LogP contribution in [0.3, 0.4) is 0 Å². The molecule has 2 aromatic rings. The van der Waals surface area contributed by atoms with Crippen LogP contribution in [-0.2, 0) is 13.1 Å². The molecule has 4 nitrogen and oxygen atoms in total. The zero-order valence-electron chi connectivity index (χ0n) is 16.4. The number of hydrogen-bond acceptors (Lipinski definition) is 4. The second kappa shape index (κ2) is 8.06. The van der Waals surface area contributed by atoms with Gasteiger partial charge in [0.15, 0.2) is 0 Å². The first-order chi connectivity index (χ1) is 13.4. The molecule has 5 heteroatoms. The lowest BCUT2D eigenvalue weighted by Gasteiger charge is -2.44. The van der Waals surface area contributed by atoms with Gasteiger partial charge in [-0.25, -0.2) is 4.98 Å². The zero-order chi connectivity index (χ0) is 18.1. The summed E-state index contributed by atoms with van der Waals surface area (Å²) in [5, 5.41) is 2.34. The quantitative estimate of drug-likeness (QED) is 0.760. The molecular formula is C22H32N4S. The molecule has 0 unspecified atom stereocenters. The number of rotatable bonds is 5. The van der Waals surface area contributed by atoms with Crippen LogP contribution in [0.25, 0.3) is 10.7 Å². The Bertz CT molecular complexity index is 743. The highest BCUT2D eigenvalue weighted by molar-refractivity contribution is 7.13. The van der Waals surface area contributed by atoms with Crippen molar-refractivity contribution in [2.75, 3.05) is 26.2 Å². The molecule has 0 aliphatic carbocycles. The van der Waals surface area contributed by atoms with E-state index >= 15 is 0 Å². The SMILES string of the molecule is c1cn(C[C@@H]2CCCN3CCCC[C@H]23)c(-c2cc(CN3CCCC3)cs2)n1. The Morgan fingerprint density at radius 3 is 2.78 bits per heavy atom. The Morgan fingerprint density at radius 1 is 1.00 bits per heavy atom. The van der Waals surface area contributed by atoms with Crippen LogP contribution in [0.1, 0.15) is 50.5 Å². The lowest BCUT2D eigenvalue weighted by atomic mass is 9.83. The maximum Gasteiger partial charge on any atom is 0.150 e. The van der Waals surface area contributed by atoms with Gasteiger partial charge >= 0.3 is 0 Å². The fourth-order valence-electron chi connectivity index (χ4n) is 5.50. The number of fused-ring (bicyclic) bond motifs is 1. The maximum absolute atomic E-state index is 4.75. The van der Waals surface area contributed by atoms with Gasteiger partial charge in [0.1, 0.15) is 5.82 Å². The Hall–Kier alpha value is -1.17. The fourth-order valence-corrected chi connectivity index (χ4v) is 6.41. The highest BCUT2D eigenvalue weighted by atomic mass is 32.1. The molecule has 27 heavy (non-hydrogen) atoms. The van der Waals surface area contributed by atoms with E-state index in [0.717, 1.165) is 25.0 Å². The highest BCUT2D eigenvalue weighted by Gasteiger charge is 2.33. The maximum atomic E-state index is 4.75. The number of likely N-dealkylation sites (tertiary alicyclic amines) is 1. The number of hydrogen-bond donors (Lipinski definition) is 0. The molecule has 0 amide bonds. The molecule has 0 spiro atoms. The molecule has 5 rings (SSSR count). The van der Waals surface area contributed by atoms with Gasteiger partial charge in [-0.05, 0) is 87.6 Å². The van der Waals surface area contributed by atoms with Crippen molar-refractivity contribution in [3.8, 4) is 10.7 Å². The average Bonchev–Trinajstić information content (AvgIpc) is 3.45. The predicted molar refractivity (Wildman–Crippen MR) is 112 cm³/mol. The summed E-state index contributed by atoms with van der Waals surface area (Å²) in [5.74, 6) is 1.97. The van der Waals surface area contributed by atoms with E-state index in [0.29, 0.717) is 0 Å². The van der Waals surface area contributed by atoms with Crippen molar-refractivity contribution in [3.05, 3.63) is 29.4 Å². The summed E-state index contributed by atoms with van der Waals surface area (Å²) in [6.07, 6.45) is 13.9. The first kappa shape index (κ1) is 17.9. The van der Waals surface area contributed by atoms with Crippen LogP contribution in [0.15, 0.2) is 23.8 Å². The third-order valence-corrected chi connectivity index (χ3v) is 7.83. The summed E-state index contributed by atoms with van der Waals surface area (Å²) >= 11 is 1.87.